The lowest BCUT2D eigenvalue weighted by atomic mass is 9.78. The minimum Gasteiger partial charge on any atom is -0.344 e. The number of halogens is 1. The molecule has 0 amide bonds. The van der Waals surface area contributed by atoms with Crippen LogP contribution in [0, 0.1) is 0 Å². The average Bonchev–Trinajstić information content (AvgIpc) is 3.56. The van der Waals surface area contributed by atoms with E-state index in [1.165, 1.54) is 24.3 Å². The molecule has 14 nitrogen and oxygen atoms in total. The van der Waals surface area contributed by atoms with Gasteiger partial charge in [0, 0.05) is 52.5 Å². The van der Waals surface area contributed by atoms with Gasteiger partial charge in [-0.1, -0.05) is 55.8 Å². The molecule has 4 N–H and O–H groups in total. The maximum atomic E-state index is 12.0. The first-order valence-electron chi connectivity index (χ1n) is 21.1. The van der Waals surface area contributed by atoms with Crippen molar-refractivity contribution in [2.45, 2.75) is 93.3 Å². The van der Waals surface area contributed by atoms with E-state index < -0.39 is 51.3 Å². The van der Waals surface area contributed by atoms with Crippen LogP contribution < -0.4 is 4.90 Å². The Morgan fingerprint density at radius 3 is 1.82 bits per heavy atom. The number of nitrogens with zero attached hydrogens (tertiary/aromatic N) is 2. The van der Waals surface area contributed by atoms with Gasteiger partial charge in [-0.05, 0) is 133 Å². The van der Waals surface area contributed by atoms with E-state index in [0.29, 0.717) is 54.6 Å². The summed E-state index contributed by atoms with van der Waals surface area (Å²) in [6.07, 6.45) is 11.5. The van der Waals surface area contributed by atoms with Gasteiger partial charge in [0.1, 0.15) is 6.54 Å². The summed E-state index contributed by atoms with van der Waals surface area (Å²) in [7, 11) is -17.2. The van der Waals surface area contributed by atoms with Crippen LogP contribution in [0.2, 0.25) is 0 Å². The number of fused-ring (bicyclic) bond motifs is 6. The molecule has 0 aromatic heterocycles. The zero-order valence-corrected chi connectivity index (χ0v) is 40.3. The SMILES string of the molecule is CC1(C)C(/C=C/C2=C(Cl)C(=C\C=C3/N(CCCCS(=O)(=O)O)c4ccc5cc(S(=O)(=O)O)ccc5c4C3(C)C)/CCC2)=[N+](CCCCS(=O)(=O)O)c2ccc3cc(S(=O)(=O)O)ccc3c21. The highest BCUT2D eigenvalue weighted by Crippen LogP contribution is 2.51. The average molecular weight is 989 g/mol. The van der Waals surface area contributed by atoms with E-state index in [1.807, 2.05) is 36.4 Å². The van der Waals surface area contributed by atoms with Crippen LogP contribution in [0.15, 0.2) is 117 Å². The molecule has 4 aromatic carbocycles. The Balaban J connectivity index is 1.27. The van der Waals surface area contributed by atoms with Gasteiger partial charge in [0.15, 0.2) is 5.71 Å². The normalized spacial score (nSPS) is 19.1. The Morgan fingerprint density at radius 1 is 0.662 bits per heavy atom. The number of anilines is 1. The molecular weight excluding hydrogens is 936 g/mol. The molecular formula is C46H52ClN2O12S4+. The van der Waals surface area contributed by atoms with Crippen molar-refractivity contribution >= 4 is 90.7 Å². The van der Waals surface area contributed by atoms with Gasteiger partial charge in [-0.15, -0.1) is 0 Å². The van der Waals surface area contributed by atoms with Gasteiger partial charge < -0.3 is 4.90 Å². The van der Waals surface area contributed by atoms with Crippen molar-refractivity contribution in [2.24, 2.45) is 0 Å². The van der Waals surface area contributed by atoms with Gasteiger partial charge in [0.25, 0.3) is 40.5 Å². The third-order valence-electron chi connectivity index (χ3n) is 12.6. The number of rotatable bonds is 15. The fourth-order valence-electron chi connectivity index (χ4n) is 9.62. The molecule has 0 saturated heterocycles. The zero-order valence-electron chi connectivity index (χ0n) is 36.3. The second-order valence-electron chi connectivity index (χ2n) is 17.8. The summed E-state index contributed by atoms with van der Waals surface area (Å²) in [6.45, 7) is 9.07. The Bertz CT molecular complexity index is 3260. The predicted octanol–water partition coefficient (Wildman–Crippen LogP) is 9.04. The number of allylic oxidation sites excluding steroid dienone is 8. The van der Waals surface area contributed by atoms with Gasteiger partial charge >= 0.3 is 0 Å². The minimum atomic E-state index is -4.44. The fraction of sp³-hybridized carbons (Fsp3) is 0.370. The van der Waals surface area contributed by atoms with E-state index in [1.54, 1.807) is 24.3 Å². The molecule has 65 heavy (non-hydrogen) atoms. The molecule has 0 saturated carbocycles. The zero-order chi connectivity index (χ0) is 47.5. The first-order valence-corrected chi connectivity index (χ1v) is 27.6. The van der Waals surface area contributed by atoms with Gasteiger partial charge in [-0.2, -0.15) is 38.2 Å². The molecule has 348 valence electrons. The highest BCUT2D eigenvalue weighted by atomic mass is 35.5. The Labute approximate surface area is 385 Å². The topological polar surface area (TPSA) is 224 Å². The monoisotopic (exact) mass is 987 g/mol. The van der Waals surface area contributed by atoms with E-state index in [9.17, 15) is 51.9 Å². The smallest absolute Gasteiger partial charge is 0.294 e. The maximum absolute atomic E-state index is 12.0. The lowest BCUT2D eigenvalue weighted by Crippen LogP contribution is -2.28. The second-order valence-corrected chi connectivity index (χ2v) is 24.2. The first kappa shape index (κ1) is 48.7. The molecule has 0 unspecified atom stereocenters. The molecule has 19 heteroatoms. The quantitative estimate of drug-likeness (QED) is 0.0496. The lowest BCUT2D eigenvalue weighted by Gasteiger charge is -2.27. The van der Waals surface area contributed by atoms with Crippen LogP contribution >= 0.6 is 11.6 Å². The first-order chi connectivity index (χ1) is 30.2. The van der Waals surface area contributed by atoms with Crippen molar-refractivity contribution in [3.63, 3.8) is 0 Å². The van der Waals surface area contributed by atoms with Crippen LogP contribution in [0.5, 0.6) is 0 Å². The van der Waals surface area contributed by atoms with Crippen molar-refractivity contribution in [3.8, 4) is 0 Å². The van der Waals surface area contributed by atoms with E-state index >= 15 is 0 Å². The third kappa shape index (κ3) is 10.2. The Morgan fingerprint density at radius 2 is 1.23 bits per heavy atom. The van der Waals surface area contributed by atoms with E-state index in [2.05, 4.69) is 37.2 Å². The molecule has 0 fully saturated rings. The molecule has 2 heterocycles. The predicted molar refractivity (Wildman–Crippen MR) is 254 cm³/mol. The van der Waals surface area contributed by atoms with Crippen LogP contribution in [-0.2, 0) is 51.3 Å². The molecule has 4 aromatic rings. The van der Waals surface area contributed by atoms with E-state index in [0.717, 1.165) is 62.2 Å². The second kappa shape index (κ2) is 17.8. The Kier molecular flexibility index (Phi) is 13.3. The number of hydrogen-bond donors (Lipinski definition) is 4. The summed E-state index contributed by atoms with van der Waals surface area (Å²) >= 11 is 7.26. The van der Waals surface area contributed by atoms with Gasteiger partial charge in [-0.3, -0.25) is 18.2 Å². The summed E-state index contributed by atoms with van der Waals surface area (Å²) < 4.78 is 135. The van der Waals surface area contributed by atoms with Crippen LogP contribution in [0.4, 0.5) is 11.4 Å². The summed E-state index contributed by atoms with van der Waals surface area (Å²) in [5, 5.41) is 3.40. The molecule has 0 radical (unpaired) electrons. The highest BCUT2D eigenvalue weighted by Gasteiger charge is 2.46. The van der Waals surface area contributed by atoms with Crippen molar-refractivity contribution in [1.82, 2.24) is 0 Å². The maximum Gasteiger partial charge on any atom is 0.294 e. The fourth-order valence-corrected chi connectivity index (χ4v) is 12.1. The van der Waals surface area contributed by atoms with Crippen LogP contribution in [-0.4, -0.2) is 86.8 Å². The Hall–Kier alpha value is -4.24. The summed E-state index contributed by atoms with van der Waals surface area (Å²) in [4.78, 5) is 1.67. The molecule has 2 aliphatic heterocycles. The lowest BCUT2D eigenvalue weighted by molar-refractivity contribution is -0.438. The van der Waals surface area contributed by atoms with Crippen molar-refractivity contribution in [2.75, 3.05) is 29.5 Å². The molecule has 7 rings (SSSR count). The number of unbranched alkanes of at least 4 members (excludes halogenated alkanes) is 2. The van der Waals surface area contributed by atoms with Crippen molar-refractivity contribution in [1.29, 1.82) is 0 Å². The van der Waals surface area contributed by atoms with Crippen LogP contribution in [0.1, 0.15) is 83.8 Å². The van der Waals surface area contributed by atoms with Gasteiger partial charge in [0.2, 0.25) is 5.69 Å². The van der Waals surface area contributed by atoms with Crippen molar-refractivity contribution < 1.29 is 56.5 Å². The molecule has 3 aliphatic rings. The van der Waals surface area contributed by atoms with Gasteiger partial charge in [0.05, 0.1) is 26.7 Å². The van der Waals surface area contributed by atoms with Crippen LogP contribution in [0.25, 0.3) is 21.5 Å². The molecule has 0 atom stereocenters. The van der Waals surface area contributed by atoms with Crippen LogP contribution in [0.3, 0.4) is 0 Å². The third-order valence-corrected chi connectivity index (χ3v) is 16.4. The summed E-state index contributed by atoms with van der Waals surface area (Å²) in [5.41, 5.74) is 5.89. The number of benzene rings is 4. The molecule has 0 bridgehead atoms. The highest BCUT2D eigenvalue weighted by molar-refractivity contribution is 7.86. The summed E-state index contributed by atoms with van der Waals surface area (Å²) in [5.74, 6) is -0.758. The van der Waals surface area contributed by atoms with E-state index in [4.69, 9.17) is 11.6 Å². The molecule has 1 aliphatic carbocycles. The van der Waals surface area contributed by atoms with E-state index in [-0.39, 0.29) is 34.1 Å². The molecule has 0 spiro atoms. The standard InChI is InChI=1S/C46H51ClN2O12S4/c1-45(2)40(48(24-5-7-26-62(50,51)52)38-20-12-32-28-34(64(56,57)58)16-18-36(32)42(38)45)22-14-30-10-9-11-31(44(30)47)15-23-41-46(3,4)43-37-19-17-35(65(59,60)61)29-33(37)13-21-39(43)49(41)25-6-8-27-63(53,54)55/h12-23,28-29H,5-11,24-27H2,1-4H3,(H3-,50,51,52,53,54,55,56,57,58,59,60,61)/p+1. The largest absolute Gasteiger partial charge is 0.344 e. The minimum absolute atomic E-state index is 0.222. The summed E-state index contributed by atoms with van der Waals surface area (Å²) in [6, 6.07) is 16.3. The number of hydrogen-bond acceptors (Lipinski definition) is 9. The van der Waals surface area contributed by atoms with Crippen molar-refractivity contribution in [3.05, 3.63) is 118 Å². The van der Waals surface area contributed by atoms with Gasteiger partial charge in [-0.25, -0.2) is 0 Å².